The molecule has 1 aromatic carbocycles. The Morgan fingerprint density at radius 2 is 2.15 bits per heavy atom. The van der Waals surface area contributed by atoms with Crippen molar-refractivity contribution in [1.82, 2.24) is 0 Å². The Bertz CT molecular complexity index is 510. The van der Waals surface area contributed by atoms with Gasteiger partial charge in [0.1, 0.15) is 11.5 Å². The Balaban J connectivity index is 2.12. The first-order chi connectivity index (χ1) is 9.49. The van der Waals surface area contributed by atoms with E-state index < -0.39 is 10.7 Å². The molecule has 6 heteroatoms. The molecule has 0 spiro atoms. The lowest BCUT2D eigenvalue weighted by Crippen LogP contribution is -2.24. The third-order valence-corrected chi connectivity index (χ3v) is 4.69. The lowest BCUT2D eigenvalue weighted by Gasteiger charge is -2.29. The van der Waals surface area contributed by atoms with E-state index in [0.717, 1.165) is 12.5 Å². The summed E-state index contributed by atoms with van der Waals surface area (Å²) >= 11 is 3.07. The number of anilines is 1. The van der Waals surface area contributed by atoms with Crippen LogP contribution in [0.4, 0.5) is 15.8 Å². The van der Waals surface area contributed by atoms with Crippen molar-refractivity contribution in [1.29, 1.82) is 0 Å². The Kier molecular flexibility index (Phi) is 4.96. The van der Waals surface area contributed by atoms with Gasteiger partial charge >= 0.3 is 0 Å². The smallest absolute Gasteiger partial charge is 0.295 e. The molecule has 0 saturated heterocycles. The van der Waals surface area contributed by atoms with Gasteiger partial charge in [0.15, 0.2) is 0 Å². The van der Waals surface area contributed by atoms with Gasteiger partial charge in [-0.25, -0.2) is 4.39 Å². The lowest BCUT2D eigenvalue weighted by atomic mass is 9.80. The fourth-order valence-electron chi connectivity index (χ4n) is 2.77. The second kappa shape index (κ2) is 6.52. The summed E-state index contributed by atoms with van der Waals surface area (Å²) in [6.45, 7) is 2.92. The van der Waals surface area contributed by atoms with Crippen molar-refractivity contribution >= 4 is 27.3 Å². The molecule has 0 amide bonds. The largest absolute Gasteiger partial charge is 0.379 e. The topological polar surface area (TPSA) is 55.2 Å². The standard InChI is InChI=1S/C14H18BrFN2O2/c1-9-4-2-3-5-10(9)8-17-13-6-11(15)12(16)7-14(13)18(19)20/h6-7,9-10,17H,2-5,8H2,1H3. The maximum atomic E-state index is 13.4. The number of nitrogens with one attached hydrogen (secondary N) is 1. The van der Waals surface area contributed by atoms with E-state index in [9.17, 15) is 14.5 Å². The Morgan fingerprint density at radius 3 is 2.80 bits per heavy atom. The molecule has 1 aromatic rings. The number of halogens is 2. The number of nitrogens with zero attached hydrogens (tertiary/aromatic N) is 1. The first-order valence-corrected chi connectivity index (χ1v) is 7.65. The number of rotatable bonds is 4. The van der Waals surface area contributed by atoms with Crippen LogP contribution in [0, 0.1) is 27.8 Å². The van der Waals surface area contributed by atoms with Gasteiger partial charge in [-0.3, -0.25) is 10.1 Å². The van der Waals surface area contributed by atoms with Crippen molar-refractivity contribution < 1.29 is 9.31 Å². The molecule has 1 aliphatic rings. The average molecular weight is 345 g/mol. The zero-order valence-electron chi connectivity index (χ0n) is 11.4. The second-order valence-corrected chi connectivity index (χ2v) is 6.30. The van der Waals surface area contributed by atoms with Crippen molar-refractivity contribution in [3.63, 3.8) is 0 Å². The highest BCUT2D eigenvalue weighted by Gasteiger charge is 2.23. The van der Waals surface area contributed by atoms with Gasteiger partial charge in [0, 0.05) is 6.54 Å². The highest BCUT2D eigenvalue weighted by molar-refractivity contribution is 9.10. The van der Waals surface area contributed by atoms with Crippen LogP contribution in [0.1, 0.15) is 32.6 Å². The van der Waals surface area contributed by atoms with E-state index in [2.05, 4.69) is 28.2 Å². The molecule has 0 radical (unpaired) electrons. The van der Waals surface area contributed by atoms with Crippen LogP contribution in [-0.2, 0) is 0 Å². The fourth-order valence-corrected chi connectivity index (χ4v) is 3.11. The molecule has 1 aliphatic carbocycles. The first kappa shape index (κ1) is 15.2. The molecule has 1 fully saturated rings. The van der Waals surface area contributed by atoms with Crippen molar-refractivity contribution in [2.24, 2.45) is 11.8 Å². The molecule has 2 rings (SSSR count). The maximum absolute atomic E-state index is 13.4. The summed E-state index contributed by atoms with van der Waals surface area (Å²) in [6, 6.07) is 2.40. The number of nitro benzene ring substituents is 1. The predicted octanol–water partition coefficient (Wildman–Crippen LogP) is 4.73. The van der Waals surface area contributed by atoms with Crippen LogP contribution in [0.3, 0.4) is 0 Å². The molecule has 20 heavy (non-hydrogen) atoms. The predicted molar refractivity (Wildman–Crippen MR) is 80.4 cm³/mol. The molecule has 0 aromatic heterocycles. The molecule has 0 bridgehead atoms. The molecule has 1 saturated carbocycles. The van der Waals surface area contributed by atoms with Crippen LogP contribution in [-0.4, -0.2) is 11.5 Å². The van der Waals surface area contributed by atoms with Crippen molar-refractivity contribution in [3.05, 3.63) is 32.5 Å². The van der Waals surface area contributed by atoms with Gasteiger partial charge in [0.2, 0.25) is 0 Å². The molecular formula is C14H18BrFN2O2. The third kappa shape index (κ3) is 3.48. The van der Waals surface area contributed by atoms with Crippen LogP contribution in [0.15, 0.2) is 16.6 Å². The van der Waals surface area contributed by atoms with Gasteiger partial charge in [-0.2, -0.15) is 0 Å². The van der Waals surface area contributed by atoms with Gasteiger partial charge in [-0.1, -0.05) is 26.2 Å². The van der Waals surface area contributed by atoms with Crippen LogP contribution in [0.2, 0.25) is 0 Å². The normalized spacial score (nSPS) is 22.6. The van der Waals surface area contributed by atoms with Crippen molar-refractivity contribution in [3.8, 4) is 0 Å². The average Bonchev–Trinajstić information content (AvgIpc) is 2.41. The number of nitro groups is 1. The molecule has 2 atom stereocenters. The third-order valence-electron chi connectivity index (χ3n) is 4.08. The summed E-state index contributed by atoms with van der Waals surface area (Å²) in [5.41, 5.74) is 0.162. The quantitative estimate of drug-likeness (QED) is 0.634. The van der Waals surface area contributed by atoms with E-state index >= 15 is 0 Å². The molecule has 1 N–H and O–H groups in total. The molecule has 4 nitrogen and oxygen atoms in total. The van der Waals surface area contributed by atoms with Gasteiger partial charge in [0.25, 0.3) is 5.69 Å². The minimum atomic E-state index is -0.617. The number of hydrogen-bond acceptors (Lipinski definition) is 3. The van der Waals surface area contributed by atoms with E-state index in [0.29, 0.717) is 24.1 Å². The number of benzene rings is 1. The maximum Gasteiger partial charge on any atom is 0.295 e. The zero-order chi connectivity index (χ0) is 14.7. The monoisotopic (exact) mass is 344 g/mol. The Hall–Kier alpha value is -1.17. The summed E-state index contributed by atoms with van der Waals surface area (Å²) in [5, 5.41) is 14.1. The van der Waals surface area contributed by atoms with Gasteiger partial charge in [0.05, 0.1) is 15.5 Å². The summed E-state index contributed by atoms with van der Waals surface area (Å²) < 4.78 is 13.6. The summed E-state index contributed by atoms with van der Waals surface area (Å²) in [4.78, 5) is 10.4. The summed E-state index contributed by atoms with van der Waals surface area (Å²) in [5.74, 6) is 0.527. The zero-order valence-corrected chi connectivity index (χ0v) is 13.0. The first-order valence-electron chi connectivity index (χ1n) is 6.86. The molecular weight excluding hydrogens is 327 g/mol. The van der Waals surface area contributed by atoms with E-state index in [1.165, 1.54) is 25.3 Å². The second-order valence-electron chi connectivity index (χ2n) is 5.44. The van der Waals surface area contributed by atoms with Gasteiger partial charge < -0.3 is 5.32 Å². The summed E-state index contributed by atoms with van der Waals surface area (Å²) in [6.07, 6.45) is 4.83. The van der Waals surface area contributed by atoms with E-state index in [-0.39, 0.29) is 10.2 Å². The highest BCUT2D eigenvalue weighted by Crippen LogP contribution is 2.33. The van der Waals surface area contributed by atoms with E-state index in [1.54, 1.807) is 0 Å². The SMILES string of the molecule is CC1CCCCC1CNc1cc(Br)c(F)cc1[N+](=O)[O-]. The van der Waals surface area contributed by atoms with Crippen LogP contribution >= 0.6 is 15.9 Å². The van der Waals surface area contributed by atoms with Gasteiger partial charge in [-0.15, -0.1) is 0 Å². The lowest BCUT2D eigenvalue weighted by molar-refractivity contribution is -0.384. The van der Waals surface area contributed by atoms with Crippen molar-refractivity contribution in [2.75, 3.05) is 11.9 Å². The Labute approximate surface area is 126 Å². The van der Waals surface area contributed by atoms with Crippen LogP contribution < -0.4 is 5.32 Å². The molecule has 0 aliphatic heterocycles. The minimum Gasteiger partial charge on any atom is -0.379 e. The molecule has 0 heterocycles. The number of hydrogen-bond donors (Lipinski definition) is 1. The minimum absolute atomic E-state index is 0.214. The van der Waals surface area contributed by atoms with E-state index in [1.807, 2.05) is 0 Å². The summed E-state index contributed by atoms with van der Waals surface area (Å²) in [7, 11) is 0. The van der Waals surface area contributed by atoms with Crippen LogP contribution in [0.5, 0.6) is 0 Å². The van der Waals surface area contributed by atoms with Gasteiger partial charge in [-0.05, 0) is 40.3 Å². The molecule has 110 valence electrons. The molecule has 2 unspecified atom stereocenters. The fraction of sp³-hybridized carbons (Fsp3) is 0.571. The van der Waals surface area contributed by atoms with Crippen molar-refractivity contribution in [2.45, 2.75) is 32.6 Å². The van der Waals surface area contributed by atoms with E-state index in [4.69, 9.17) is 0 Å². The highest BCUT2D eigenvalue weighted by atomic mass is 79.9. The Morgan fingerprint density at radius 1 is 1.45 bits per heavy atom. The van der Waals surface area contributed by atoms with Crippen LogP contribution in [0.25, 0.3) is 0 Å².